The van der Waals surface area contributed by atoms with Crippen LogP contribution in [-0.4, -0.2) is 10.4 Å². The second-order valence-electron chi connectivity index (χ2n) is 14.9. The van der Waals surface area contributed by atoms with Gasteiger partial charge in [0.05, 0.1) is 16.7 Å². The molecule has 1 unspecified atom stereocenters. The molecule has 0 saturated carbocycles. The molecule has 10 aromatic rings. The molecular formula is C51H34N2O2. The van der Waals surface area contributed by atoms with E-state index < -0.39 is 0 Å². The van der Waals surface area contributed by atoms with Gasteiger partial charge in [0, 0.05) is 49.7 Å². The van der Waals surface area contributed by atoms with Crippen molar-refractivity contribution in [2.24, 2.45) is 16.8 Å². The molecule has 1 aliphatic heterocycles. The van der Waals surface area contributed by atoms with Gasteiger partial charge in [0.2, 0.25) is 0 Å². The number of fused-ring (bicyclic) bond motifs is 12. The van der Waals surface area contributed by atoms with Crippen molar-refractivity contribution < 1.29 is 8.83 Å². The smallest absolute Gasteiger partial charge is 0.160 e. The number of hydrogen-bond acceptors (Lipinski definition) is 3. The number of benzene rings is 7. The summed E-state index contributed by atoms with van der Waals surface area (Å²) < 4.78 is 15.7. The highest BCUT2D eigenvalue weighted by atomic mass is 16.3. The number of allylic oxidation sites excluding steroid dienone is 5. The van der Waals surface area contributed by atoms with Gasteiger partial charge in [-0.2, -0.15) is 0 Å². The zero-order valence-electron chi connectivity index (χ0n) is 30.2. The minimum Gasteiger partial charge on any atom is -0.456 e. The number of aromatic nitrogens is 1. The summed E-state index contributed by atoms with van der Waals surface area (Å²) in [7, 11) is 0. The Hall–Kier alpha value is -6.91. The lowest BCUT2D eigenvalue weighted by atomic mass is 9.77. The fourth-order valence-corrected chi connectivity index (χ4v) is 9.48. The van der Waals surface area contributed by atoms with Crippen molar-refractivity contribution in [2.75, 3.05) is 0 Å². The van der Waals surface area contributed by atoms with Crippen LogP contribution in [0, 0.1) is 11.8 Å². The Bertz CT molecular complexity index is 3380. The van der Waals surface area contributed by atoms with Gasteiger partial charge in [0.15, 0.2) is 5.58 Å². The molecule has 12 rings (SSSR count). The maximum absolute atomic E-state index is 6.94. The quantitative estimate of drug-likeness (QED) is 0.184. The molecule has 7 aromatic carbocycles. The normalized spacial score (nSPS) is 17.1. The van der Waals surface area contributed by atoms with E-state index in [4.69, 9.17) is 13.8 Å². The molecule has 0 saturated heterocycles. The van der Waals surface area contributed by atoms with Gasteiger partial charge in [0.25, 0.3) is 0 Å². The molecule has 55 heavy (non-hydrogen) atoms. The maximum atomic E-state index is 6.94. The lowest BCUT2D eigenvalue weighted by Crippen LogP contribution is -2.32. The summed E-state index contributed by atoms with van der Waals surface area (Å²) in [6, 6.07) is 49.8. The molecule has 4 heteroatoms. The van der Waals surface area contributed by atoms with Crippen LogP contribution in [0.3, 0.4) is 0 Å². The second kappa shape index (κ2) is 11.5. The van der Waals surface area contributed by atoms with Crippen LogP contribution in [0.4, 0.5) is 0 Å². The van der Waals surface area contributed by atoms with Crippen molar-refractivity contribution in [3.63, 3.8) is 0 Å². The first-order valence-electron chi connectivity index (χ1n) is 19.2. The molecule has 0 radical (unpaired) electrons. The van der Waals surface area contributed by atoms with E-state index in [0.717, 1.165) is 94.9 Å². The maximum Gasteiger partial charge on any atom is 0.160 e. The highest BCUT2D eigenvalue weighted by Gasteiger charge is 2.36. The van der Waals surface area contributed by atoms with Gasteiger partial charge < -0.3 is 8.83 Å². The van der Waals surface area contributed by atoms with Crippen LogP contribution in [-0.2, 0) is 0 Å². The number of aliphatic imine (C=N–C) groups is 1. The third-order valence-electron chi connectivity index (χ3n) is 12.0. The van der Waals surface area contributed by atoms with E-state index in [1.54, 1.807) is 0 Å². The lowest BCUT2D eigenvalue weighted by molar-refractivity contribution is 0.538. The van der Waals surface area contributed by atoms with E-state index in [1.165, 1.54) is 21.7 Å². The minimum absolute atomic E-state index is 0.135. The van der Waals surface area contributed by atoms with Crippen LogP contribution >= 0.6 is 0 Å². The average Bonchev–Trinajstić information content (AvgIpc) is 3.92. The molecule has 0 spiro atoms. The van der Waals surface area contributed by atoms with Crippen LogP contribution < -0.4 is 0 Å². The van der Waals surface area contributed by atoms with Gasteiger partial charge in [0.1, 0.15) is 22.6 Å². The summed E-state index contributed by atoms with van der Waals surface area (Å²) in [5, 5.41) is 9.19. The van der Waals surface area contributed by atoms with E-state index in [1.807, 2.05) is 12.1 Å². The Morgan fingerprint density at radius 3 is 2.16 bits per heavy atom. The molecule has 2 aliphatic rings. The third-order valence-corrected chi connectivity index (χ3v) is 12.0. The van der Waals surface area contributed by atoms with Gasteiger partial charge in [-0.15, -0.1) is 0 Å². The second-order valence-corrected chi connectivity index (χ2v) is 14.9. The van der Waals surface area contributed by atoms with E-state index >= 15 is 0 Å². The molecular weight excluding hydrogens is 673 g/mol. The summed E-state index contributed by atoms with van der Waals surface area (Å²) in [6.45, 7) is 2.30. The molecule has 2 atom stereocenters. The monoisotopic (exact) mass is 706 g/mol. The molecule has 0 bridgehead atoms. The van der Waals surface area contributed by atoms with Gasteiger partial charge in [-0.25, -0.2) is 4.99 Å². The SMILES string of the molecule is CC[C@@H]1C(n2c3ccccc3c3c(-c4ccc5oc6ccccc6c5c4)cc4c5ccccc5oc4c32)=NC(c2ccc3ccccc3c2)=C2C=CC=CC21. The molecule has 4 heterocycles. The molecule has 0 amide bonds. The fraction of sp³-hybridized carbons (Fsp3) is 0.0784. The van der Waals surface area contributed by atoms with Crippen LogP contribution in [0.15, 0.2) is 183 Å². The Morgan fingerprint density at radius 2 is 1.31 bits per heavy atom. The predicted molar refractivity (Wildman–Crippen MR) is 229 cm³/mol. The van der Waals surface area contributed by atoms with Crippen molar-refractivity contribution in [2.45, 2.75) is 13.3 Å². The molecule has 0 N–H and O–H groups in total. The van der Waals surface area contributed by atoms with Crippen molar-refractivity contribution >= 4 is 88.0 Å². The average molecular weight is 707 g/mol. The summed E-state index contributed by atoms with van der Waals surface area (Å²) in [5.74, 6) is 1.35. The zero-order chi connectivity index (χ0) is 36.2. The predicted octanol–water partition coefficient (Wildman–Crippen LogP) is 13.9. The summed E-state index contributed by atoms with van der Waals surface area (Å²) >= 11 is 0. The third kappa shape index (κ3) is 4.37. The van der Waals surface area contributed by atoms with E-state index in [-0.39, 0.29) is 11.8 Å². The van der Waals surface area contributed by atoms with Gasteiger partial charge in [-0.05, 0) is 76.4 Å². The number of hydrogen-bond donors (Lipinski definition) is 0. The molecule has 1 aliphatic carbocycles. The van der Waals surface area contributed by atoms with Crippen LogP contribution in [0.1, 0.15) is 18.9 Å². The summed E-state index contributed by atoms with van der Waals surface area (Å²) in [6.07, 6.45) is 9.94. The molecule has 260 valence electrons. The number of para-hydroxylation sites is 3. The van der Waals surface area contributed by atoms with Gasteiger partial charge in [-0.3, -0.25) is 4.57 Å². The lowest BCUT2D eigenvalue weighted by Gasteiger charge is -2.34. The number of nitrogens with zero attached hydrogens (tertiary/aromatic N) is 2. The van der Waals surface area contributed by atoms with Crippen LogP contribution in [0.25, 0.3) is 93.3 Å². The van der Waals surface area contributed by atoms with E-state index in [0.29, 0.717) is 0 Å². The minimum atomic E-state index is 0.135. The van der Waals surface area contributed by atoms with Crippen molar-refractivity contribution in [3.8, 4) is 11.1 Å². The summed E-state index contributed by atoms with van der Waals surface area (Å²) in [4.78, 5) is 5.79. The first-order chi connectivity index (χ1) is 27.2. The number of rotatable bonds is 3. The van der Waals surface area contributed by atoms with Gasteiger partial charge in [-0.1, -0.05) is 128 Å². The molecule has 3 aromatic heterocycles. The largest absolute Gasteiger partial charge is 0.456 e. The first-order valence-corrected chi connectivity index (χ1v) is 19.2. The Balaban J connectivity index is 1.22. The number of furan rings is 2. The fourth-order valence-electron chi connectivity index (χ4n) is 9.48. The topological polar surface area (TPSA) is 43.6 Å². The Labute approximate surface area is 316 Å². The molecule has 0 fully saturated rings. The van der Waals surface area contributed by atoms with Gasteiger partial charge >= 0.3 is 0 Å². The van der Waals surface area contributed by atoms with E-state index in [9.17, 15) is 0 Å². The Morgan fingerprint density at radius 1 is 0.600 bits per heavy atom. The highest BCUT2D eigenvalue weighted by molar-refractivity contribution is 6.29. The standard InChI is InChI=1S/C51H34N2O2/c1-2-34-35-15-5-6-18-38(35)48(33-24-23-30-13-3-4-14-31(30)27-33)52-51(34)53-43-20-10-7-19-39(43)47-40(29-42-37-17-9-12-22-45(37)55-50(42)49(47)53)32-25-26-46-41(28-32)36-16-8-11-21-44(36)54-46/h3-29,34-35H,2H2,1H3/t34-,35?/m0/s1. The van der Waals surface area contributed by atoms with Crippen LogP contribution in [0.5, 0.6) is 0 Å². The summed E-state index contributed by atoms with van der Waals surface area (Å²) in [5.41, 5.74) is 11.4. The highest BCUT2D eigenvalue weighted by Crippen LogP contribution is 2.48. The van der Waals surface area contributed by atoms with Crippen molar-refractivity contribution in [1.29, 1.82) is 0 Å². The van der Waals surface area contributed by atoms with Crippen molar-refractivity contribution in [3.05, 3.63) is 175 Å². The first kappa shape index (κ1) is 30.5. The zero-order valence-corrected chi connectivity index (χ0v) is 30.2. The van der Waals surface area contributed by atoms with E-state index in [2.05, 4.69) is 163 Å². The Kier molecular flexibility index (Phi) is 6.41. The van der Waals surface area contributed by atoms with Crippen molar-refractivity contribution in [1.82, 2.24) is 4.57 Å². The van der Waals surface area contributed by atoms with Crippen LogP contribution in [0.2, 0.25) is 0 Å². The molecule has 4 nitrogen and oxygen atoms in total.